The molecule has 1 amide bonds. The number of anilines is 1. The van der Waals surface area contributed by atoms with Gasteiger partial charge >= 0.3 is 0 Å². The number of nitrogens with zero attached hydrogens (tertiary/aromatic N) is 1. The maximum Gasteiger partial charge on any atom is 0.236 e. The van der Waals surface area contributed by atoms with Crippen LogP contribution in [-0.4, -0.2) is 26.0 Å². The van der Waals surface area contributed by atoms with Crippen molar-refractivity contribution < 1.29 is 4.79 Å². The second kappa shape index (κ2) is 7.50. The summed E-state index contributed by atoms with van der Waals surface area (Å²) in [6, 6.07) is 6.11. The first-order valence-corrected chi connectivity index (χ1v) is 7.19. The van der Waals surface area contributed by atoms with Crippen LogP contribution in [0.15, 0.2) is 22.7 Å². The maximum absolute atomic E-state index is 11.3. The van der Waals surface area contributed by atoms with Gasteiger partial charge in [0.1, 0.15) is 0 Å². The van der Waals surface area contributed by atoms with Crippen molar-refractivity contribution in [2.75, 3.05) is 25.0 Å². The SMILES string of the molecule is CNCc1ccc(Br)cc1N(CC(N)=O)CC(C)C. The van der Waals surface area contributed by atoms with Crippen molar-refractivity contribution in [3.63, 3.8) is 0 Å². The molecule has 0 aromatic heterocycles. The number of rotatable bonds is 7. The van der Waals surface area contributed by atoms with E-state index in [9.17, 15) is 4.79 Å². The van der Waals surface area contributed by atoms with Crippen LogP contribution >= 0.6 is 15.9 Å². The summed E-state index contributed by atoms with van der Waals surface area (Å²) in [4.78, 5) is 13.3. The normalized spacial score (nSPS) is 10.8. The molecule has 0 unspecified atom stereocenters. The van der Waals surface area contributed by atoms with Gasteiger partial charge < -0.3 is 16.0 Å². The van der Waals surface area contributed by atoms with Crippen LogP contribution in [0.4, 0.5) is 5.69 Å². The first-order chi connectivity index (χ1) is 8.93. The van der Waals surface area contributed by atoms with Gasteiger partial charge in [-0.25, -0.2) is 0 Å². The van der Waals surface area contributed by atoms with Gasteiger partial charge in [-0.3, -0.25) is 4.79 Å². The molecule has 1 rings (SSSR count). The fourth-order valence-electron chi connectivity index (χ4n) is 2.05. The van der Waals surface area contributed by atoms with E-state index in [2.05, 4.69) is 41.2 Å². The molecule has 1 aromatic rings. The van der Waals surface area contributed by atoms with Gasteiger partial charge in [-0.1, -0.05) is 35.8 Å². The third kappa shape index (κ3) is 5.20. The summed E-state index contributed by atoms with van der Waals surface area (Å²) in [6.07, 6.45) is 0. The Morgan fingerprint density at radius 1 is 1.47 bits per heavy atom. The van der Waals surface area contributed by atoms with Crippen molar-refractivity contribution in [2.45, 2.75) is 20.4 Å². The number of hydrogen-bond donors (Lipinski definition) is 2. The highest BCUT2D eigenvalue weighted by molar-refractivity contribution is 9.10. The van der Waals surface area contributed by atoms with Crippen molar-refractivity contribution in [3.8, 4) is 0 Å². The van der Waals surface area contributed by atoms with Crippen molar-refractivity contribution >= 4 is 27.5 Å². The fourth-order valence-corrected chi connectivity index (χ4v) is 2.40. The molecule has 0 spiro atoms. The maximum atomic E-state index is 11.3. The molecule has 5 heteroatoms. The molecule has 4 nitrogen and oxygen atoms in total. The van der Waals surface area contributed by atoms with E-state index in [4.69, 9.17) is 5.73 Å². The summed E-state index contributed by atoms with van der Waals surface area (Å²) in [5, 5.41) is 3.15. The predicted octanol–water partition coefficient (Wildman–Crippen LogP) is 2.12. The van der Waals surface area contributed by atoms with Gasteiger partial charge in [-0.15, -0.1) is 0 Å². The van der Waals surface area contributed by atoms with Gasteiger partial charge in [0.05, 0.1) is 6.54 Å². The fraction of sp³-hybridized carbons (Fsp3) is 0.500. The lowest BCUT2D eigenvalue weighted by molar-refractivity contribution is -0.116. The average Bonchev–Trinajstić information content (AvgIpc) is 2.29. The zero-order valence-electron chi connectivity index (χ0n) is 11.7. The van der Waals surface area contributed by atoms with Gasteiger partial charge in [-0.05, 0) is 30.7 Å². The van der Waals surface area contributed by atoms with Gasteiger partial charge in [-0.2, -0.15) is 0 Å². The Balaban J connectivity index is 3.10. The van der Waals surface area contributed by atoms with Gasteiger partial charge in [0.15, 0.2) is 0 Å². The lowest BCUT2D eigenvalue weighted by Gasteiger charge is -2.28. The van der Waals surface area contributed by atoms with Crippen LogP contribution in [0.3, 0.4) is 0 Å². The summed E-state index contributed by atoms with van der Waals surface area (Å²) in [5.41, 5.74) is 7.57. The molecular weight excluding hydrogens is 306 g/mol. The van der Waals surface area contributed by atoms with Gasteiger partial charge in [0.2, 0.25) is 5.91 Å². The van der Waals surface area contributed by atoms with E-state index in [-0.39, 0.29) is 12.5 Å². The molecule has 3 N–H and O–H groups in total. The number of primary amides is 1. The average molecular weight is 328 g/mol. The van der Waals surface area contributed by atoms with Crippen molar-refractivity contribution in [1.29, 1.82) is 0 Å². The van der Waals surface area contributed by atoms with Crippen molar-refractivity contribution in [3.05, 3.63) is 28.2 Å². The molecule has 0 bridgehead atoms. The summed E-state index contributed by atoms with van der Waals surface area (Å²) in [5.74, 6) is 0.150. The lowest BCUT2D eigenvalue weighted by atomic mass is 10.1. The Bertz CT molecular complexity index is 435. The van der Waals surface area contributed by atoms with Crippen LogP contribution in [-0.2, 0) is 11.3 Å². The Morgan fingerprint density at radius 2 is 2.16 bits per heavy atom. The lowest BCUT2D eigenvalue weighted by Crippen LogP contribution is -2.37. The first-order valence-electron chi connectivity index (χ1n) is 6.40. The molecule has 0 fully saturated rings. The molecule has 0 radical (unpaired) electrons. The van der Waals surface area contributed by atoms with Gasteiger partial charge in [0, 0.05) is 23.2 Å². The summed E-state index contributed by atoms with van der Waals surface area (Å²) >= 11 is 3.48. The molecule has 1 aromatic carbocycles. The number of amides is 1. The molecule has 0 atom stereocenters. The van der Waals surface area contributed by atoms with Gasteiger partial charge in [0.25, 0.3) is 0 Å². The molecule has 0 aliphatic heterocycles. The number of halogens is 1. The van der Waals surface area contributed by atoms with E-state index in [1.807, 2.05) is 24.1 Å². The van der Waals surface area contributed by atoms with Crippen LogP contribution in [0, 0.1) is 5.92 Å². The number of benzene rings is 1. The number of nitrogens with one attached hydrogen (secondary N) is 1. The van der Waals surface area contributed by atoms with E-state index >= 15 is 0 Å². The second-order valence-electron chi connectivity index (χ2n) is 5.04. The number of carbonyl (C=O) groups excluding carboxylic acids is 1. The monoisotopic (exact) mass is 327 g/mol. The van der Waals surface area contributed by atoms with Crippen LogP contribution in [0.1, 0.15) is 19.4 Å². The van der Waals surface area contributed by atoms with Crippen LogP contribution < -0.4 is 16.0 Å². The summed E-state index contributed by atoms with van der Waals surface area (Å²) in [6.45, 7) is 6.06. The minimum Gasteiger partial charge on any atom is -0.368 e. The molecule has 0 heterocycles. The van der Waals surface area contributed by atoms with Crippen LogP contribution in [0.25, 0.3) is 0 Å². The Hall–Kier alpha value is -1.07. The highest BCUT2D eigenvalue weighted by Gasteiger charge is 2.15. The molecule has 0 saturated carbocycles. The smallest absolute Gasteiger partial charge is 0.236 e. The molecule has 0 aliphatic rings. The predicted molar refractivity (Wildman–Crippen MR) is 83.2 cm³/mol. The molecular formula is C14H22BrN3O. The van der Waals surface area contributed by atoms with E-state index in [1.165, 1.54) is 0 Å². The minimum atomic E-state index is -0.309. The second-order valence-corrected chi connectivity index (χ2v) is 5.96. The highest BCUT2D eigenvalue weighted by Crippen LogP contribution is 2.26. The zero-order chi connectivity index (χ0) is 14.4. The third-order valence-corrected chi connectivity index (χ3v) is 3.18. The number of carbonyl (C=O) groups is 1. The van der Waals surface area contributed by atoms with Crippen molar-refractivity contribution in [2.24, 2.45) is 11.7 Å². The number of hydrogen-bond acceptors (Lipinski definition) is 3. The minimum absolute atomic E-state index is 0.241. The topological polar surface area (TPSA) is 58.4 Å². The van der Waals surface area contributed by atoms with E-state index in [0.717, 1.165) is 28.8 Å². The largest absolute Gasteiger partial charge is 0.368 e. The Kier molecular flexibility index (Phi) is 6.31. The Morgan fingerprint density at radius 3 is 2.68 bits per heavy atom. The zero-order valence-corrected chi connectivity index (χ0v) is 13.3. The van der Waals surface area contributed by atoms with Crippen LogP contribution in [0.5, 0.6) is 0 Å². The molecule has 106 valence electrons. The van der Waals surface area contributed by atoms with Crippen molar-refractivity contribution in [1.82, 2.24) is 5.32 Å². The van der Waals surface area contributed by atoms with E-state index in [0.29, 0.717) is 5.92 Å². The standard InChI is InChI=1S/C14H22BrN3O/c1-10(2)8-18(9-14(16)19)13-6-12(15)5-4-11(13)7-17-3/h4-6,10,17H,7-9H2,1-3H3,(H2,16,19). The van der Waals surface area contributed by atoms with E-state index < -0.39 is 0 Å². The quantitative estimate of drug-likeness (QED) is 0.806. The third-order valence-electron chi connectivity index (χ3n) is 2.69. The van der Waals surface area contributed by atoms with E-state index in [1.54, 1.807) is 0 Å². The van der Waals surface area contributed by atoms with Crippen LogP contribution in [0.2, 0.25) is 0 Å². The summed E-state index contributed by atoms with van der Waals surface area (Å²) in [7, 11) is 1.91. The molecule has 0 aliphatic carbocycles. The number of nitrogens with two attached hydrogens (primary N) is 1. The molecule has 19 heavy (non-hydrogen) atoms. The highest BCUT2D eigenvalue weighted by atomic mass is 79.9. The summed E-state index contributed by atoms with van der Waals surface area (Å²) < 4.78 is 1.00. The Labute approximate surface area is 123 Å². The first kappa shape index (κ1) is 16.0. The molecule has 0 saturated heterocycles.